The molecule has 0 saturated heterocycles. The number of hydrogen-bond donors (Lipinski definition) is 0. The van der Waals surface area contributed by atoms with E-state index in [1.165, 1.54) is 0 Å². The minimum Gasteiger partial charge on any atom is -0.496 e. The molecule has 59 heavy (non-hydrogen) atoms. The number of methoxy groups -OCH3 is 4. The van der Waals surface area contributed by atoms with Gasteiger partial charge >= 0.3 is 0 Å². The highest BCUT2D eigenvalue weighted by molar-refractivity contribution is 5.90. The third-order valence-corrected chi connectivity index (χ3v) is 10.0. The van der Waals surface area contributed by atoms with Gasteiger partial charge in [-0.05, 0) is 71.3 Å². The number of hydrogen-bond acceptors (Lipinski definition) is 5. The second-order valence-electron chi connectivity index (χ2n) is 13.5. The van der Waals surface area contributed by atoms with E-state index in [0.29, 0.717) is 0 Å². The third kappa shape index (κ3) is 9.06. The molecule has 5 heteroatoms. The van der Waals surface area contributed by atoms with Gasteiger partial charge < -0.3 is 23.8 Å². The molecule has 0 aliphatic heterocycles. The zero-order chi connectivity index (χ0) is 40.8. The number of nitrogens with zero attached hydrogens (tertiary/aromatic N) is 1. The topological polar surface area (TPSA) is 40.2 Å². The van der Waals surface area contributed by atoms with Crippen molar-refractivity contribution in [2.24, 2.45) is 0 Å². The number of anilines is 3. The molecular weight excluding hydrogens is 727 g/mol. The van der Waals surface area contributed by atoms with Gasteiger partial charge in [0.1, 0.15) is 23.0 Å². The van der Waals surface area contributed by atoms with Gasteiger partial charge in [-0.1, -0.05) is 158 Å². The summed E-state index contributed by atoms with van der Waals surface area (Å²) in [5.74, 6) is 3.10. The molecule has 0 amide bonds. The molecule has 7 aromatic carbocycles. The molecule has 0 N–H and O–H groups in total. The van der Waals surface area contributed by atoms with Crippen LogP contribution >= 0.6 is 0 Å². The predicted octanol–water partition coefficient (Wildman–Crippen LogP) is 13.5. The Balaban J connectivity index is 1.44. The summed E-state index contributed by atoms with van der Waals surface area (Å²) >= 11 is 0. The van der Waals surface area contributed by atoms with Gasteiger partial charge in [0.2, 0.25) is 0 Å². The van der Waals surface area contributed by atoms with Gasteiger partial charge in [-0.3, -0.25) is 0 Å². The van der Waals surface area contributed by atoms with Crippen LogP contribution in [-0.2, 0) is 0 Å². The first-order chi connectivity index (χ1) is 29.1. The SMILES string of the molecule is COc1ccccc1C(=CC=Cc1cccc(N(c2ccccc2)c2ccccc2)c1C=CC=C(c1ccccc1OC)c1ccccc1OC)c1ccccc1OC. The van der Waals surface area contributed by atoms with E-state index in [1.807, 2.05) is 84.9 Å². The Morgan fingerprint density at radius 1 is 0.373 bits per heavy atom. The second-order valence-corrected chi connectivity index (χ2v) is 13.5. The van der Waals surface area contributed by atoms with Crippen LogP contribution in [0.25, 0.3) is 23.3 Å². The number of rotatable bonds is 15. The highest BCUT2D eigenvalue weighted by Gasteiger charge is 2.18. The highest BCUT2D eigenvalue weighted by atomic mass is 16.5. The van der Waals surface area contributed by atoms with Crippen molar-refractivity contribution in [3.63, 3.8) is 0 Å². The first-order valence-electron chi connectivity index (χ1n) is 19.5. The Bertz CT molecular complexity index is 2470. The van der Waals surface area contributed by atoms with Crippen molar-refractivity contribution in [3.8, 4) is 23.0 Å². The molecule has 0 aromatic heterocycles. The van der Waals surface area contributed by atoms with Gasteiger partial charge in [-0.2, -0.15) is 0 Å². The zero-order valence-electron chi connectivity index (χ0n) is 33.8. The molecule has 7 aromatic rings. The lowest BCUT2D eigenvalue weighted by Crippen LogP contribution is -2.11. The van der Waals surface area contributed by atoms with E-state index in [9.17, 15) is 0 Å². The molecule has 0 aliphatic carbocycles. The molecule has 0 atom stereocenters. The van der Waals surface area contributed by atoms with Crippen molar-refractivity contribution < 1.29 is 18.9 Å². The van der Waals surface area contributed by atoms with Crippen LogP contribution in [0.2, 0.25) is 0 Å². The third-order valence-electron chi connectivity index (χ3n) is 10.0. The summed E-state index contributed by atoms with van der Waals surface area (Å²) in [6.45, 7) is 0. The lowest BCUT2D eigenvalue weighted by molar-refractivity contribution is 0.411. The summed E-state index contributed by atoms with van der Waals surface area (Å²) in [5.41, 5.74) is 10.9. The van der Waals surface area contributed by atoms with E-state index in [4.69, 9.17) is 18.9 Å². The zero-order valence-corrected chi connectivity index (χ0v) is 33.8. The number of allylic oxidation sites excluding steroid dienone is 4. The van der Waals surface area contributed by atoms with Crippen LogP contribution in [0.15, 0.2) is 200 Å². The standard InChI is InChI=1S/C54H47NO4/c1-56-51-36-15-11-28-46(51)44(47-29-12-16-37-52(47)57-2)33-19-22-40-23-20-35-50(55(41-24-7-5-8-25-41)42-26-9-6-10-27-42)43(40)32-21-34-45(48-30-13-17-38-53(48)58-3)49-31-14-18-39-54(49)59-4/h5-39H,1-4H3. The maximum absolute atomic E-state index is 5.87. The fourth-order valence-electron chi connectivity index (χ4n) is 7.28. The molecule has 0 heterocycles. The van der Waals surface area contributed by atoms with E-state index in [1.54, 1.807) is 28.4 Å². The Labute approximate surface area is 348 Å². The summed E-state index contributed by atoms with van der Waals surface area (Å²) in [6, 6.07) is 59.6. The molecule has 0 aliphatic rings. The largest absolute Gasteiger partial charge is 0.496 e. The molecule has 0 unspecified atom stereocenters. The van der Waals surface area contributed by atoms with Crippen molar-refractivity contribution in [3.05, 3.63) is 234 Å². The van der Waals surface area contributed by atoms with Crippen LogP contribution in [0.5, 0.6) is 23.0 Å². The monoisotopic (exact) mass is 773 g/mol. The minimum atomic E-state index is 0.772. The smallest absolute Gasteiger partial charge is 0.126 e. The van der Waals surface area contributed by atoms with E-state index < -0.39 is 0 Å². The van der Waals surface area contributed by atoms with E-state index in [2.05, 4.69) is 132 Å². The van der Waals surface area contributed by atoms with Crippen LogP contribution in [0.1, 0.15) is 33.4 Å². The maximum atomic E-state index is 5.87. The molecule has 5 nitrogen and oxygen atoms in total. The van der Waals surface area contributed by atoms with Crippen LogP contribution < -0.4 is 23.8 Å². The average molecular weight is 774 g/mol. The fourth-order valence-corrected chi connectivity index (χ4v) is 7.28. The van der Waals surface area contributed by atoms with Crippen LogP contribution in [0, 0.1) is 0 Å². The summed E-state index contributed by atoms with van der Waals surface area (Å²) in [6.07, 6.45) is 12.8. The number of ether oxygens (including phenoxy) is 4. The van der Waals surface area contributed by atoms with Crippen molar-refractivity contribution >= 4 is 40.4 Å². The molecule has 0 spiro atoms. The Kier molecular flexibility index (Phi) is 13.2. The normalized spacial score (nSPS) is 10.9. The molecule has 292 valence electrons. The van der Waals surface area contributed by atoms with Gasteiger partial charge in [-0.25, -0.2) is 0 Å². The van der Waals surface area contributed by atoms with Crippen LogP contribution in [-0.4, -0.2) is 28.4 Å². The highest BCUT2D eigenvalue weighted by Crippen LogP contribution is 2.40. The number of para-hydroxylation sites is 6. The van der Waals surface area contributed by atoms with Crippen LogP contribution in [0.4, 0.5) is 17.1 Å². The predicted molar refractivity (Wildman–Crippen MR) is 245 cm³/mol. The van der Waals surface area contributed by atoms with E-state index in [0.717, 1.165) is 84.6 Å². The van der Waals surface area contributed by atoms with Crippen molar-refractivity contribution in [1.82, 2.24) is 0 Å². The number of benzene rings is 7. The maximum Gasteiger partial charge on any atom is 0.126 e. The molecule has 0 saturated carbocycles. The van der Waals surface area contributed by atoms with Gasteiger partial charge in [0.15, 0.2) is 0 Å². The molecule has 0 radical (unpaired) electrons. The summed E-state index contributed by atoms with van der Waals surface area (Å²) < 4.78 is 23.4. The molecule has 7 rings (SSSR count). The first kappa shape index (κ1) is 39.7. The van der Waals surface area contributed by atoms with E-state index >= 15 is 0 Å². The second kappa shape index (κ2) is 19.6. The van der Waals surface area contributed by atoms with E-state index in [-0.39, 0.29) is 0 Å². The van der Waals surface area contributed by atoms with Crippen molar-refractivity contribution in [1.29, 1.82) is 0 Å². The van der Waals surface area contributed by atoms with Gasteiger partial charge in [0.25, 0.3) is 0 Å². The first-order valence-corrected chi connectivity index (χ1v) is 19.5. The Hall–Kier alpha value is -7.50. The minimum absolute atomic E-state index is 0.772. The fraction of sp³-hybridized carbons (Fsp3) is 0.0741. The Morgan fingerprint density at radius 3 is 1.12 bits per heavy atom. The molecular formula is C54H47NO4. The molecule has 0 fully saturated rings. The van der Waals surface area contributed by atoms with Crippen LogP contribution in [0.3, 0.4) is 0 Å². The van der Waals surface area contributed by atoms with Gasteiger partial charge in [0, 0.05) is 39.2 Å². The van der Waals surface area contributed by atoms with Gasteiger partial charge in [-0.15, -0.1) is 0 Å². The lowest BCUT2D eigenvalue weighted by Gasteiger charge is -2.27. The summed E-state index contributed by atoms with van der Waals surface area (Å²) in [5, 5.41) is 0. The average Bonchev–Trinajstić information content (AvgIpc) is 3.30. The van der Waals surface area contributed by atoms with Gasteiger partial charge in [0.05, 0.1) is 34.1 Å². The van der Waals surface area contributed by atoms with Crippen molar-refractivity contribution in [2.45, 2.75) is 0 Å². The lowest BCUT2D eigenvalue weighted by atomic mass is 9.94. The quantitative estimate of drug-likeness (QED) is 0.0971. The summed E-state index contributed by atoms with van der Waals surface area (Å²) in [4.78, 5) is 2.30. The van der Waals surface area contributed by atoms with Crippen molar-refractivity contribution in [2.75, 3.05) is 33.3 Å². The molecule has 0 bridgehead atoms. The summed E-state index contributed by atoms with van der Waals surface area (Å²) in [7, 11) is 6.80. The Morgan fingerprint density at radius 2 is 0.729 bits per heavy atom.